The number of benzene rings is 3. The van der Waals surface area contributed by atoms with Gasteiger partial charge >= 0.3 is 101 Å². The molecule has 4 aromatic rings. The van der Waals surface area contributed by atoms with E-state index in [1.54, 1.807) is 6.07 Å². The summed E-state index contributed by atoms with van der Waals surface area (Å²) in [6.07, 6.45) is -1.96. The van der Waals surface area contributed by atoms with Crippen molar-refractivity contribution in [3.05, 3.63) is 95.0 Å². The second kappa shape index (κ2) is 19.8. The molecule has 1 aromatic heterocycles. The number of hydrogen-bond acceptors (Lipinski definition) is 15. The van der Waals surface area contributed by atoms with Gasteiger partial charge in [-0.25, -0.2) is 21.6 Å². The van der Waals surface area contributed by atoms with Crippen LogP contribution in [0.5, 0.6) is 5.75 Å². The van der Waals surface area contributed by atoms with E-state index in [0.717, 1.165) is 12.1 Å². The van der Waals surface area contributed by atoms with Gasteiger partial charge in [-0.2, -0.15) is 51.3 Å². The smallest absolute Gasteiger partial charge is 0.744 e. The summed E-state index contributed by atoms with van der Waals surface area (Å²) in [5, 5.41) is 36.7. The molecular weight excluding hydrogens is 800 g/mol. The molecule has 0 aliphatic rings. The van der Waals surface area contributed by atoms with Crippen LogP contribution < -0.4 is 94.0 Å². The number of aromatic nitrogens is 2. The van der Waals surface area contributed by atoms with Crippen molar-refractivity contribution in [1.29, 1.82) is 0 Å². The number of anilines is 2. The Bertz CT molecular complexity index is 2110. The molecular formula is C24H13ClCuF2N7Na3O9S2. The second-order valence-corrected chi connectivity index (χ2v) is 11.5. The van der Waals surface area contributed by atoms with E-state index in [1.165, 1.54) is 24.3 Å². The first-order chi connectivity index (χ1) is 21.0. The summed E-state index contributed by atoms with van der Waals surface area (Å²) < 4.78 is 96.8. The SMILES string of the molecule is O=C(O)c1cc(S(=O)(=O)[O-])ccc1N=N[C-](N=Nc1cc(S(=O)(=O)[O-])cc(Nc2nc(F)nc(F)c2Cl)c1O)c1ccccc1.[Cu].[Na+].[Na+].[Na+]. The number of phenolic OH excluding ortho intramolecular Hbond substituents is 1. The predicted octanol–water partition coefficient (Wildman–Crippen LogP) is -4.22. The van der Waals surface area contributed by atoms with Crippen LogP contribution in [0.3, 0.4) is 0 Å². The maximum absolute atomic E-state index is 13.8. The van der Waals surface area contributed by atoms with Crippen molar-refractivity contribution in [2.24, 2.45) is 20.5 Å². The molecule has 1 radical (unpaired) electrons. The molecule has 0 fully saturated rings. The van der Waals surface area contributed by atoms with Crippen molar-refractivity contribution in [2.45, 2.75) is 9.79 Å². The first-order valence-corrected chi connectivity index (χ1v) is 14.8. The van der Waals surface area contributed by atoms with Gasteiger partial charge in [0, 0.05) is 17.1 Å². The van der Waals surface area contributed by atoms with E-state index >= 15 is 0 Å². The van der Waals surface area contributed by atoms with E-state index in [0.29, 0.717) is 18.2 Å². The van der Waals surface area contributed by atoms with Crippen LogP contribution in [0.25, 0.3) is 0 Å². The fourth-order valence-corrected chi connectivity index (χ4v) is 4.51. The summed E-state index contributed by atoms with van der Waals surface area (Å²) in [5.74, 6) is -4.81. The van der Waals surface area contributed by atoms with Crippen LogP contribution in [0.1, 0.15) is 15.9 Å². The van der Waals surface area contributed by atoms with E-state index in [4.69, 9.17) is 11.6 Å². The third-order valence-corrected chi connectivity index (χ3v) is 7.39. The number of azo groups is 2. The molecule has 0 unspecified atom stereocenters. The van der Waals surface area contributed by atoms with Crippen molar-refractivity contribution in [3.63, 3.8) is 0 Å². The van der Waals surface area contributed by atoms with Crippen molar-refractivity contribution in [3.8, 4) is 5.75 Å². The van der Waals surface area contributed by atoms with Gasteiger partial charge in [0.05, 0.1) is 32.9 Å². The largest absolute Gasteiger partial charge is 1.00 e. The molecule has 1 heterocycles. The summed E-state index contributed by atoms with van der Waals surface area (Å²) in [5.41, 5.74) is -2.28. The van der Waals surface area contributed by atoms with Crippen LogP contribution in [-0.2, 0) is 37.3 Å². The van der Waals surface area contributed by atoms with Crippen molar-refractivity contribution >= 4 is 60.7 Å². The first kappa shape index (κ1) is 47.4. The molecule has 0 saturated heterocycles. The standard InChI is InChI=1S/C24H15ClF2N7O9S2.Cu.3Na/c25-18-20(26)29-24(27)30-22(18)28-16-9-13(45(41,42)43)10-17(19(16)35)32-34-21(11-4-2-1-3-5-11)33-31-15-7-6-12(44(38,39)40)8-14(15)23(36)37;;;;/h1-10,35H,(H,36,37)(H,28,29,30)(H,38,39,40)(H,41,42,43);;;;/q-1;;3*+1/p-2. The Kier molecular flexibility index (Phi) is 19.2. The Morgan fingerprint density at radius 1 is 0.857 bits per heavy atom. The third kappa shape index (κ3) is 12.5. The average Bonchev–Trinajstić information content (AvgIpc) is 2.96. The van der Waals surface area contributed by atoms with Gasteiger partial charge in [-0.1, -0.05) is 17.7 Å². The Morgan fingerprint density at radius 3 is 1.98 bits per heavy atom. The maximum Gasteiger partial charge on any atom is 1.00 e. The predicted molar refractivity (Wildman–Crippen MR) is 145 cm³/mol. The van der Waals surface area contributed by atoms with Gasteiger partial charge in [-0.15, -0.1) is 17.7 Å². The summed E-state index contributed by atoms with van der Waals surface area (Å²) >= 11 is 5.71. The molecule has 0 aliphatic carbocycles. The minimum absolute atomic E-state index is 0. The average molecular weight is 814 g/mol. The van der Waals surface area contributed by atoms with Crippen LogP contribution in [0, 0.1) is 18.2 Å². The molecule has 0 amide bonds. The molecule has 16 nitrogen and oxygen atoms in total. The molecule has 0 atom stereocenters. The number of carboxylic acids is 1. The van der Waals surface area contributed by atoms with Crippen LogP contribution in [-0.4, -0.2) is 52.1 Å². The zero-order valence-corrected chi connectivity index (χ0v) is 34.3. The summed E-state index contributed by atoms with van der Waals surface area (Å²) in [6.45, 7) is 0. The van der Waals surface area contributed by atoms with E-state index in [9.17, 15) is 49.7 Å². The molecule has 4 rings (SSSR count). The van der Waals surface area contributed by atoms with Crippen LogP contribution in [0.4, 0.5) is 31.7 Å². The quantitative estimate of drug-likeness (QED) is 0.0262. The molecule has 0 saturated carbocycles. The molecule has 245 valence electrons. The maximum atomic E-state index is 13.8. The van der Waals surface area contributed by atoms with E-state index in [-0.39, 0.29) is 117 Å². The van der Waals surface area contributed by atoms with E-state index < -0.39 is 87.2 Å². The molecule has 25 heteroatoms. The summed E-state index contributed by atoms with van der Waals surface area (Å²) in [7, 11) is -10.2. The minimum atomic E-state index is -5.23. The molecule has 49 heavy (non-hydrogen) atoms. The Hall–Kier alpha value is -1.63. The summed E-state index contributed by atoms with van der Waals surface area (Å²) in [4.78, 5) is 15.8. The van der Waals surface area contributed by atoms with Crippen LogP contribution in [0.15, 0.2) is 90.9 Å². The number of nitrogens with one attached hydrogen (secondary N) is 1. The normalized spacial score (nSPS) is 11.1. The van der Waals surface area contributed by atoms with Gasteiger partial charge in [0.2, 0.25) is 5.95 Å². The van der Waals surface area contributed by atoms with Gasteiger partial charge in [0.25, 0.3) is 0 Å². The Labute approximate surface area is 358 Å². The topological polar surface area (TPSA) is 259 Å². The van der Waals surface area contributed by atoms with Gasteiger partial charge in [-0.05, 0) is 30.3 Å². The number of carbonyl (C=O) groups is 1. The first-order valence-electron chi connectivity index (χ1n) is 11.6. The number of carboxylic acid groups (broad SMARTS) is 1. The summed E-state index contributed by atoms with van der Waals surface area (Å²) in [6, 6.07) is 11.1. The zero-order chi connectivity index (χ0) is 33.1. The van der Waals surface area contributed by atoms with Crippen molar-refractivity contribution in [2.75, 3.05) is 5.32 Å². The molecule has 3 N–H and O–H groups in total. The van der Waals surface area contributed by atoms with E-state index in [2.05, 4.69) is 35.7 Å². The fourth-order valence-electron chi connectivity index (χ4n) is 3.37. The van der Waals surface area contributed by atoms with Crippen molar-refractivity contribution < 1.29 is 155 Å². The number of aromatic carboxylic acids is 1. The Balaban J connectivity index is 0.00000576. The van der Waals surface area contributed by atoms with Gasteiger partial charge in [-0.3, -0.25) is 0 Å². The number of hydrogen-bond donors (Lipinski definition) is 3. The zero-order valence-electron chi connectivity index (χ0n) is 25.0. The number of rotatable bonds is 10. The Morgan fingerprint density at radius 2 is 1.43 bits per heavy atom. The molecule has 3 aromatic carbocycles. The third-order valence-electron chi connectivity index (χ3n) is 5.41. The number of nitrogens with zero attached hydrogens (tertiary/aromatic N) is 6. The number of phenols is 1. The van der Waals surface area contributed by atoms with Gasteiger partial charge in [0.15, 0.2) is 11.6 Å². The monoisotopic (exact) mass is 812 g/mol. The van der Waals surface area contributed by atoms with E-state index in [1.807, 2.05) is 0 Å². The van der Waals surface area contributed by atoms with Crippen LogP contribution >= 0.6 is 11.6 Å². The van der Waals surface area contributed by atoms with Crippen molar-refractivity contribution in [1.82, 2.24) is 9.97 Å². The van der Waals surface area contributed by atoms with Gasteiger partial charge < -0.3 is 24.6 Å². The second-order valence-electron chi connectivity index (χ2n) is 8.39. The number of aromatic hydroxyl groups is 1. The van der Waals surface area contributed by atoms with Gasteiger partial charge in [0.1, 0.15) is 30.9 Å². The molecule has 0 bridgehead atoms. The fraction of sp³-hybridized carbons (Fsp3) is 0. The molecule has 0 aliphatic heterocycles. The molecule has 0 spiro atoms. The minimum Gasteiger partial charge on any atom is -0.744 e. The van der Waals surface area contributed by atoms with Crippen LogP contribution in [0.2, 0.25) is 5.02 Å². The number of halogens is 3.